The number of aliphatic hydroxyl groups excluding tert-OH is 1. The van der Waals surface area contributed by atoms with Crippen LogP contribution in [0.25, 0.3) is 10.2 Å². The Morgan fingerprint density at radius 1 is 1.62 bits per heavy atom. The fraction of sp³-hybridized carbons (Fsp3) is 0.200. The molecular formula is C10H11NOS. The van der Waals surface area contributed by atoms with E-state index >= 15 is 0 Å². The van der Waals surface area contributed by atoms with Crippen LogP contribution < -0.4 is 0 Å². The number of nitrogens with zero attached hydrogens (tertiary/aromatic N) is 1. The number of aliphatic hydroxyl groups is 1. The standard InChI is InChI=1S/C10H11NOS/c1-2-4-11-8(7-12)6-10-9(11)3-5-13-10/h2-3,5-6,12H,1,4,7H2. The number of thiophene rings is 1. The summed E-state index contributed by atoms with van der Waals surface area (Å²) < 4.78 is 3.31. The Hall–Kier alpha value is -1.06. The molecule has 0 aliphatic heterocycles. The summed E-state index contributed by atoms with van der Waals surface area (Å²) in [7, 11) is 0. The topological polar surface area (TPSA) is 25.2 Å². The van der Waals surface area contributed by atoms with Crippen LogP contribution in [0.15, 0.2) is 30.2 Å². The van der Waals surface area contributed by atoms with Gasteiger partial charge < -0.3 is 9.67 Å². The molecule has 0 unspecified atom stereocenters. The third-order valence-electron chi connectivity index (χ3n) is 2.08. The zero-order valence-electron chi connectivity index (χ0n) is 7.23. The molecule has 0 radical (unpaired) electrons. The van der Waals surface area contributed by atoms with Gasteiger partial charge in [-0.25, -0.2) is 0 Å². The molecule has 0 bridgehead atoms. The van der Waals surface area contributed by atoms with Crippen LogP contribution in [-0.4, -0.2) is 9.67 Å². The van der Waals surface area contributed by atoms with Crippen molar-refractivity contribution in [3.8, 4) is 0 Å². The van der Waals surface area contributed by atoms with E-state index in [1.165, 1.54) is 10.2 Å². The molecule has 2 nitrogen and oxygen atoms in total. The van der Waals surface area contributed by atoms with E-state index in [4.69, 9.17) is 5.11 Å². The van der Waals surface area contributed by atoms with E-state index in [-0.39, 0.29) is 6.61 Å². The molecule has 2 aromatic rings. The number of hydrogen-bond acceptors (Lipinski definition) is 2. The molecule has 68 valence electrons. The minimum Gasteiger partial charge on any atom is -0.390 e. The second-order valence-corrected chi connectivity index (χ2v) is 3.81. The molecule has 0 saturated carbocycles. The van der Waals surface area contributed by atoms with Crippen molar-refractivity contribution >= 4 is 21.6 Å². The Labute approximate surface area is 80.7 Å². The van der Waals surface area contributed by atoms with Gasteiger partial charge in [0.25, 0.3) is 0 Å². The van der Waals surface area contributed by atoms with E-state index in [1.807, 2.05) is 12.1 Å². The molecule has 0 aromatic carbocycles. The summed E-state index contributed by atoms with van der Waals surface area (Å²) in [6.07, 6.45) is 1.84. The number of allylic oxidation sites excluding steroid dienone is 1. The molecule has 2 aromatic heterocycles. The zero-order valence-corrected chi connectivity index (χ0v) is 8.05. The van der Waals surface area contributed by atoms with Crippen LogP contribution in [0.3, 0.4) is 0 Å². The highest BCUT2D eigenvalue weighted by molar-refractivity contribution is 7.17. The summed E-state index contributed by atoms with van der Waals surface area (Å²) >= 11 is 1.70. The second kappa shape index (κ2) is 3.36. The molecule has 0 fully saturated rings. The van der Waals surface area contributed by atoms with Crippen LogP contribution in [0.2, 0.25) is 0 Å². The van der Waals surface area contributed by atoms with Crippen molar-refractivity contribution in [2.24, 2.45) is 0 Å². The first kappa shape index (κ1) is 8.53. The molecule has 2 heterocycles. The maximum atomic E-state index is 9.11. The molecule has 0 aliphatic carbocycles. The van der Waals surface area contributed by atoms with Crippen LogP contribution in [0.1, 0.15) is 5.69 Å². The molecule has 0 aliphatic rings. The van der Waals surface area contributed by atoms with E-state index in [2.05, 4.69) is 22.6 Å². The molecule has 0 amide bonds. The predicted octanol–water partition coefficient (Wildman–Crippen LogP) is 2.38. The van der Waals surface area contributed by atoms with E-state index in [9.17, 15) is 0 Å². The van der Waals surface area contributed by atoms with Crippen molar-refractivity contribution < 1.29 is 5.11 Å². The normalized spacial score (nSPS) is 10.8. The van der Waals surface area contributed by atoms with Crippen LogP contribution in [0.5, 0.6) is 0 Å². The van der Waals surface area contributed by atoms with E-state index in [0.29, 0.717) is 0 Å². The smallest absolute Gasteiger partial charge is 0.0833 e. The summed E-state index contributed by atoms with van der Waals surface area (Å²) in [5, 5.41) is 11.2. The molecule has 0 atom stereocenters. The largest absolute Gasteiger partial charge is 0.390 e. The first-order valence-electron chi connectivity index (χ1n) is 4.14. The first-order valence-corrected chi connectivity index (χ1v) is 5.02. The summed E-state index contributed by atoms with van der Waals surface area (Å²) in [6.45, 7) is 4.56. The van der Waals surface area contributed by atoms with Crippen LogP contribution in [0.4, 0.5) is 0 Å². The Balaban J connectivity index is 2.62. The van der Waals surface area contributed by atoms with Gasteiger partial charge in [-0.1, -0.05) is 6.08 Å². The fourth-order valence-electron chi connectivity index (χ4n) is 1.50. The highest BCUT2D eigenvalue weighted by atomic mass is 32.1. The quantitative estimate of drug-likeness (QED) is 0.744. The molecule has 13 heavy (non-hydrogen) atoms. The molecule has 3 heteroatoms. The lowest BCUT2D eigenvalue weighted by Crippen LogP contribution is -1.99. The summed E-state index contributed by atoms with van der Waals surface area (Å²) in [5.74, 6) is 0. The average Bonchev–Trinajstić information content (AvgIpc) is 2.67. The summed E-state index contributed by atoms with van der Waals surface area (Å²) in [4.78, 5) is 0. The summed E-state index contributed by atoms with van der Waals surface area (Å²) in [6, 6.07) is 4.10. The number of hydrogen-bond donors (Lipinski definition) is 1. The van der Waals surface area contributed by atoms with Gasteiger partial charge in [0.1, 0.15) is 0 Å². The van der Waals surface area contributed by atoms with Gasteiger partial charge >= 0.3 is 0 Å². The Bertz CT molecular complexity index is 427. The third-order valence-corrected chi connectivity index (χ3v) is 2.94. The lowest BCUT2D eigenvalue weighted by Gasteiger charge is -2.03. The lowest BCUT2D eigenvalue weighted by atomic mass is 10.4. The SMILES string of the molecule is C=CCn1c(CO)cc2sccc21. The van der Waals surface area contributed by atoms with Crippen LogP contribution in [-0.2, 0) is 13.2 Å². The minimum absolute atomic E-state index is 0.0925. The predicted molar refractivity (Wildman–Crippen MR) is 55.9 cm³/mol. The maximum Gasteiger partial charge on any atom is 0.0833 e. The lowest BCUT2D eigenvalue weighted by molar-refractivity contribution is 0.272. The van der Waals surface area contributed by atoms with Crippen molar-refractivity contribution in [3.05, 3.63) is 35.9 Å². The highest BCUT2D eigenvalue weighted by Crippen LogP contribution is 2.25. The van der Waals surface area contributed by atoms with Crippen LogP contribution >= 0.6 is 11.3 Å². The molecule has 0 saturated heterocycles. The van der Waals surface area contributed by atoms with E-state index < -0.39 is 0 Å². The highest BCUT2D eigenvalue weighted by Gasteiger charge is 2.06. The van der Waals surface area contributed by atoms with Gasteiger partial charge in [0, 0.05) is 12.2 Å². The first-order chi connectivity index (χ1) is 6.36. The van der Waals surface area contributed by atoms with Gasteiger partial charge in [0.05, 0.1) is 16.8 Å². The van der Waals surface area contributed by atoms with Gasteiger partial charge in [-0.15, -0.1) is 17.9 Å². The number of rotatable bonds is 3. The van der Waals surface area contributed by atoms with Crippen molar-refractivity contribution in [3.63, 3.8) is 0 Å². The van der Waals surface area contributed by atoms with Gasteiger partial charge in [-0.05, 0) is 17.5 Å². The maximum absolute atomic E-state index is 9.11. The number of fused-ring (bicyclic) bond motifs is 1. The summed E-state index contributed by atoms with van der Waals surface area (Å²) in [5.41, 5.74) is 2.15. The Kier molecular flexibility index (Phi) is 2.20. The van der Waals surface area contributed by atoms with Crippen molar-refractivity contribution in [2.45, 2.75) is 13.2 Å². The van der Waals surface area contributed by atoms with E-state index in [0.717, 1.165) is 12.2 Å². The van der Waals surface area contributed by atoms with Crippen LogP contribution in [0, 0.1) is 0 Å². The second-order valence-electron chi connectivity index (χ2n) is 2.86. The zero-order chi connectivity index (χ0) is 9.26. The fourth-order valence-corrected chi connectivity index (χ4v) is 2.35. The monoisotopic (exact) mass is 193 g/mol. The Morgan fingerprint density at radius 3 is 3.15 bits per heavy atom. The molecule has 2 rings (SSSR count). The molecular weight excluding hydrogens is 182 g/mol. The van der Waals surface area contributed by atoms with Crippen molar-refractivity contribution in [1.82, 2.24) is 4.57 Å². The Morgan fingerprint density at radius 2 is 2.46 bits per heavy atom. The average molecular weight is 193 g/mol. The van der Waals surface area contributed by atoms with Crippen molar-refractivity contribution in [1.29, 1.82) is 0 Å². The van der Waals surface area contributed by atoms with Gasteiger partial charge in [-0.3, -0.25) is 0 Å². The van der Waals surface area contributed by atoms with Gasteiger partial charge in [0.2, 0.25) is 0 Å². The number of aromatic nitrogens is 1. The van der Waals surface area contributed by atoms with E-state index in [1.54, 1.807) is 11.3 Å². The molecule has 1 N–H and O–H groups in total. The van der Waals surface area contributed by atoms with Gasteiger partial charge in [-0.2, -0.15) is 0 Å². The van der Waals surface area contributed by atoms with Gasteiger partial charge in [0.15, 0.2) is 0 Å². The van der Waals surface area contributed by atoms with Crippen molar-refractivity contribution in [2.75, 3.05) is 0 Å². The minimum atomic E-state index is 0.0925. The third kappa shape index (κ3) is 1.30. The molecule has 0 spiro atoms.